The highest BCUT2D eigenvalue weighted by Crippen LogP contribution is 2.39. The first-order chi connectivity index (χ1) is 9.72. The molecule has 3 rings (SSSR count). The minimum absolute atomic E-state index is 0.104. The molecule has 1 aliphatic carbocycles. The van der Waals surface area contributed by atoms with Crippen molar-refractivity contribution in [2.45, 2.75) is 50.4 Å². The lowest BCUT2D eigenvalue weighted by atomic mass is 9.91. The van der Waals surface area contributed by atoms with Crippen molar-refractivity contribution in [1.29, 1.82) is 0 Å². The van der Waals surface area contributed by atoms with Crippen LogP contribution in [0.25, 0.3) is 0 Å². The van der Waals surface area contributed by atoms with Gasteiger partial charge in [0.1, 0.15) is 5.75 Å². The number of hydrogen-bond acceptors (Lipinski definition) is 4. The Morgan fingerprint density at radius 3 is 2.70 bits per heavy atom. The summed E-state index contributed by atoms with van der Waals surface area (Å²) >= 11 is 0. The molecule has 20 heavy (non-hydrogen) atoms. The summed E-state index contributed by atoms with van der Waals surface area (Å²) in [7, 11) is 1.70. The lowest BCUT2D eigenvalue weighted by Gasteiger charge is -2.36. The van der Waals surface area contributed by atoms with E-state index in [1.54, 1.807) is 7.11 Å². The summed E-state index contributed by atoms with van der Waals surface area (Å²) in [6.45, 7) is 1.61. The number of aliphatic hydroxyl groups is 1. The first kappa shape index (κ1) is 13.9. The molecule has 1 aliphatic heterocycles. The summed E-state index contributed by atoms with van der Waals surface area (Å²) < 4.78 is 5.33. The fourth-order valence-corrected chi connectivity index (χ4v) is 3.68. The zero-order valence-corrected chi connectivity index (χ0v) is 12.1. The van der Waals surface area contributed by atoms with Gasteiger partial charge in [-0.2, -0.15) is 0 Å². The molecule has 0 saturated heterocycles. The van der Waals surface area contributed by atoms with Crippen LogP contribution >= 0.6 is 0 Å². The van der Waals surface area contributed by atoms with Gasteiger partial charge in [0.05, 0.1) is 13.2 Å². The maximum atomic E-state index is 9.67. The third-order valence-electron chi connectivity index (χ3n) is 4.82. The van der Waals surface area contributed by atoms with E-state index in [1.807, 2.05) is 6.07 Å². The van der Waals surface area contributed by atoms with E-state index in [0.717, 1.165) is 38.0 Å². The molecule has 3 N–H and O–H groups in total. The summed E-state index contributed by atoms with van der Waals surface area (Å²) in [6, 6.07) is 7.16. The molecule has 110 valence electrons. The number of rotatable bonds is 3. The molecule has 1 aromatic rings. The highest BCUT2D eigenvalue weighted by Gasteiger charge is 2.35. The normalized spacial score (nSPS) is 30.2. The minimum atomic E-state index is -0.104. The van der Waals surface area contributed by atoms with Gasteiger partial charge in [0.15, 0.2) is 0 Å². The van der Waals surface area contributed by atoms with Crippen LogP contribution in [0.2, 0.25) is 0 Å². The Hall–Kier alpha value is -1.10. The van der Waals surface area contributed by atoms with Crippen molar-refractivity contribution in [1.82, 2.24) is 4.90 Å². The van der Waals surface area contributed by atoms with Gasteiger partial charge in [0.25, 0.3) is 0 Å². The van der Waals surface area contributed by atoms with E-state index in [9.17, 15) is 5.11 Å². The van der Waals surface area contributed by atoms with Crippen LogP contribution in [-0.4, -0.2) is 35.8 Å². The number of nitrogens with two attached hydrogens (primary N) is 1. The highest BCUT2D eigenvalue weighted by atomic mass is 16.5. The molecule has 0 amide bonds. The van der Waals surface area contributed by atoms with Gasteiger partial charge in [0, 0.05) is 25.2 Å². The second kappa shape index (κ2) is 5.72. The fraction of sp³-hybridized carbons (Fsp3) is 0.625. The van der Waals surface area contributed by atoms with E-state index in [0.29, 0.717) is 18.6 Å². The SMILES string of the molecule is COc1ccc2c(c1)C(CN)N(C1CCC(O)CC1)C2. The van der Waals surface area contributed by atoms with Crippen LogP contribution in [-0.2, 0) is 6.54 Å². The molecule has 1 atom stereocenters. The highest BCUT2D eigenvalue weighted by molar-refractivity contribution is 5.41. The number of aliphatic hydroxyl groups excluding tert-OH is 1. The van der Waals surface area contributed by atoms with Crippen molar-refractivity contribution in [3.8, 4) is 5.75 Å². The first-order valence-corrected chi connectivity index (χ1v) is 7.53. The van der Waals surface area contributed by atoms with Crippen LogP contribution < -0.4 is 10.5 Å². The van der Waals surface area contributed by atoms with Gasteiger partial charge in [-0.05, 0) is 48.9 Å². The summed E-state index contributed by atoms with van der Waals surface area (Å²) in [5.41, 5.74) is 8.72. The quantitative estimate of drug-likeness (QED) is 0.884. The average molecular weight is 276 g/mol. The number of benzene rings is 1. The Labute approximate surface area is 120 Å². The van der Waals surface area contributed by atoms with Gasteiger partial charge in [-0.15, -0.1) is 0 Å². The van der Waals surface area contributed by atoms with E-state index in [2.05, 4.69) is 17.0 Å². The van der Waals surface area contributed by atoms with Crippen molar-refractivity contribution in [2.75, 3.05) is 13.7 Å². The lowest BCUT2D eigenvalue weighted by Crippen LogP contribution is -2.40. The smallest absolute Gasteiger partial charge is 0.119 e. The van der Waals surface area contributed by atoms with Gasteiger partial charge in [0.2, 0.25) is 0 Å². The number of fused-ring (bicyclic) bond motifs is 1. The van der Waals surface area contributed by atoms with Crippen LogP contribution in [0.5, 0.6) is 5.75 Å². The van der Waals surface area contributed by atoms with Gasteiger partial charge in [-0.25, -0.2) is 0 Å². The summed E-state index contributed by atoms with van der Waals surface area (Å²) in [4.78, 5) is 2.52. The summed E-state index contributed by atoms with van der Waals surface area (Å²) in [6.07, 6.45) is 3.87. The number of ether oxygens (including phenoxy) is 1. The van der Waals surface area contributed by atoms with Crippen molar-refractivity contribution in [3.63, 3.8) is 0 Å². The fourth-order valence-electron chi connectivity index (χ4n) is 3.68. The van der Waals surface area contributed by atoms with Crippen LogP contribution in [0.3, 0.4) is 0 Å². The Balaban J connectivity index is 1.81. The van der Waals surface area contributed by atoms with E-state index in [-0.39, 0.29) is 6.10 Å². The van der Waals surface area contributed by atoms with Crippen LogP contribution in [0, 0.1) is 0 Å². The molecular weight excluding hydrogens is 252 g/mol. The monoisotopic (exact) mass is 276 g/mol. The molecule has 1 unspecified atom stereocenters. The van der Waals surface area contributed by atoms with Gasteiger partial charge in [-0.1, -0.05) is 6.07 Å². The van der Waals surface area contributed by atoms with Crippen molar-refractivity contribution >= 4 is 0 Å². The van der Waals surface area contributed by atoms with Gasteiger partial charge >= 0.3 is 0 Å². The van der Waals surface area contributed by atoms with Crippen molar-refractivity contribution in [2.24, 2.45) is 5.73 Å². The van der Waals surface area contributed by atoms with E-state index in [4.69, 9.17) is 10.5 Å². The average Bonchev–Trinajstić information content (AvgIpc) is 2.85. The Morgan fingerprint density at radius 2 is 2.05 bits per heavy atom. The molecule has 4 nitrogen and oxygen atoms in total. The molecule has 0 bridgehead atoms. The molecule has 4 heteroatoms. The molecule has 2 aliphatic rings. The molecule has 1 saturated carbocycles. The predicted octanol–water partition coefficient (Wildman–Crippen LogP) is 1.81. The first-order valence-electron chi connectivity index (χ1n) is 7.53. The van der Waals surface area contributed by atoms with Crippen LogP contribution in [0.15, 0.2) is 18.2 Å². The van der Waals surface area contributed by atoms with E-state index in [1.165, 1.54) is 11.1 Å². The van der Waals surface area contributed by atoms with Crippen LogP contribution in [0.1, 0.15) is 42.9 Å². The zero-order valence-electron chi connectivity index (χ0n) is 12.1. The number of methoxy groups -OCH3 is 1. The number of nitrogens with zero attached hydrogens (tertiary/aromatic N) is 1. The Bertz CT molecular complexity index is 470. The van der Waals surface area contributed by atoms with E-state index < -0.39 is 0 Å². The topological polar surface area (TPSA) is 58.7 Å². The number of hydrogen-bond donors (Lipinski definition) is 2. The maximum absolute atomic E-state index is 9.67. The molecule has 1 fully saturated rings. The van der Waals surface area contributed by atoms with Gasteiger partial charge < -0.3 is 15.6 Å². The zero-order chi connectivity index (χ0) is 14.1. The Kier molecular flexibility index (Phi) is 3.96. The molecule has 0 radical (unpaired) electrons. The largest absolute Gasteiger partial charge is 0.497 e. The maximum Gasteiger partial charge on any atom is 0.119 e. The molecule has 1 aromatic carbocycles. The second-order valence-corrected chi connectivity index (χ2v) is 5.95. The lowest BCUT2D eigenvalue weighted by molar-refractivity contribution is 0.0571. The molecule has 0 spiro atoms. The third-order valence-corrected chi connectivity index (χ3v) is 4.82. The second-order valence-electron chi connectivity index (χ2n) is 5.95. The molecule has 1 heterocycles. The molecular formula is C16H24N2O2. The predicted molar refractivity (Wildman–Crippen MR) is 78.6 cm³/mol. The van der Waals surface area contributed by atoms with Gasteiger partial charge in [-0.3, -0.25) is 4.90 Å². The minimum Gasteiger partial charge on any atom is -0.497 e. The van der Waals surface area contributed by atoms with Crippen LogP contribution in [0.4, 0.5) is 0 Å². The van der Waals surface area contributed by atoms with Crippen molar-refractivity contribution in [3.05, 3.63) is 29.3 Å². The van der Waals surface area contributed by atoms with E-state index >= 15 is 0 Å². The summed E-state index contributed by atoms with van der Waals surface area (Å²) in [5, 5.41) is 9.67. The molecule has 0 aromatic heterocycles. The third kappa shape index (κ3) is 2.43. The van der Waals surface area contributed by atoms with Crippen molar-refractivity contribution < 1.29 is 9.84 Å². The Morgan fingerprint density at radius 1 is 1.30 bits per heavy atom. The summed E-state index contributed by atoms with van der Waals surface area (Å²) in [5.74, 6) is 0.906. The standard InChI is InChI=1S/C16H24N2O2/c1-20-14-7-2-11-10-18(16(9-17)15(11)8-14)12-3-5-13(19)6-4-12/h2,7-8,12-13,16,19H,3-6,9-10,17H2,1H3.